The van der Waals surface area contributed by atoms with Crippen molar-refractivity contribution in [3.05, 3.63) is 29.8 Å². The maximum atomic E-state index is 12.2. The third-order valence-corrected chi connectivity index (χ3v) is 6.12. The molecule has 27 heavy (non-hydrogen) atoms. The van der Waals surface area contributed by atoms with Crippen molar-refractivity contribution in [3.8, 4) is 6.07 Å². The molecule has 1 amide bonds. The standard InChI is InChI=1S/C18H25N3O5S/c1-12(2)18(4,11-19)20-16(22)13(3)26-17(23)14-7-9-15(10-8-14)27(24,25)21(5)6/h7-10,12-13H,1-6H3,(H,20,22)/t13-,18-/m0/s1. The summed E-state index contributed by atoms with van der Waals surface area (Å²) in [4.78, 5) is 24.5. The predicted octanol–water partition coefficient (Wildman–Crippen LogP) is 1.54. The van der Waals surface area contributed by atoms with Crippen LogP contribution < -0.4 is 5.32 Å². The second kappa shape index (κ2) is 8.50. The fourth-order valence-electron chi connectivity index (χ4n) is 1.91. The van der Waals surface area contributed by atoms with Crippen LogP contribution in [0.3, 0.4) is 0 Å². The van der Waals surface area contributed by atoms with Crippen LogP contribution in [0.2, 0.25) is 0 Å². The van der Waals surface area contributed by atoms with Gasteiger partial charge in [0.1, 0.15) is 5.54 Å². The van der Waals surface area contributed by atoms with Crippen molar-refractivity contribution in [3.63, 3.8) is 0 Å². The van der Waals surface area contributed by atoms with Crippen molar-refractivity contribution in [2.75, 3.05) is 14.1 Å². The average Bonchev–Trinajstić information content (AvgIpc) is 2.61. The number of rotatable bonds is 7. The smallest absolute Gasteiger partial charge is 0.338 e. The molecule has 0 aliphatic rings. The second-order valence-electron chi connectivity index (χ2n) is 6.82. The first kappa shape index (κ1) is 22.6. The van der Waals surface area contributed by atoms with Gasteiger partial charge in [-0.15, -0.1) is 0 Å². The van der Waals surface area contributed by atoms with E-state index in [1.54, 1.807) is 20.8 Å². The topological polar surface area (TPSA) is 117 Å². The Kier molecular flexibility index (Phi) is 7.11. The van der Waals surface area contributed by atoms with E-state index in [2.05, 4.69) is 5.32 Å². The average molecular weight is 395 g/mol. The molecular weight excluding hydrogens is 370 g/mol. The van der Waals surface area contributed by atoms with E-state index in [9.17, 15) is 23.3 Å². The Labute approximate surface area is 160 Å². The lowest BCUT2D eigenvalue weighted by Crippen LogP contribution is -2.52. The van der Waals surface area contributed by atoms with Crippen molar-refractivity contribution in [2.45, 2.75) is 44.2 Å². The number of nitrogens with one attached hydrogen (secondary N) is 1. The molecular formula is C18H25N3O5S. The maximum absolute atomic E-state index is 12.2. The van der Waals surface area contributed by atoms with Gasteiger partial charge in [0.05, 0.1) is 16.5 Å². The quantitative estimate of drug-likeness (QED) is 0.700. The molecule has 9 heteroatoms. The number of nitriles is 1. The van der Waals surface area contributed by atoms with Gasteiger partial charge in [-0.05, 0) is 44.0 Å². The molecule has 2 atom stereocenters. The minimum Gasteiger partial charge on any atom is -0.449 e. The Morgan fingerprint density at radius 1 is 1.19 bits per heavy atom. The van der Waals surface area contributed by atoms with Gasteiger partial charge < -0.3 is 10.1 Å². The Balaban J connectivity index is 2.84. The number of benzene rings is 1. The van der Waals surface area contributed by atoms with Crippen LogP contribution >= 0.6 is 0 Å². The minimum absolute atomic E-state index is 0.0385. The third-order valence-electron chi connectivity index (χ3n) is 4.29. The van der Waals surface area contributed by atoms with Gasteiger partial charge in [0, 0.05) is 14.1 Å². The summed E-state index contributed by atoms with van der Waals surface area (Å²) in [6.07, 6.45) is -1.12. The van der Waals surface area contributed by atoms with Crippen LogP contribution in [0, 0.1) is 17.2 Å². The highest BCUT2D eigenvalue weighted by atomic mass is 32.2. The van der Waals surface area contributed by atoms with E-state index < -0.39 is 33.5 Å². The lowest BCUT2D eigenvalue weighted by Gasteiger charge is -2.28. The van der Waals surface area contributed by atoms with Gasteiger partial charge in [-0.1, -0.05) is 13.8 Å². The van der Waals surface area contributed by atoms with Crippen LogP contribution in [0.15, 0.2) is 29.2 Å². The van der Waals surface area contributed by atoms with Gasteiger partial charge in [0.2, 0.25) is 10.0 Å². The molecule has 0 unspecified atom stereocenters. The number of hydrogen-bond acceptors (Lipinski definition) is 6. The Bertz CT molecular complexity index is 841. The normalized spacial score (nSPS) is 14.9. The zero-order chi connectivity index (χ0) is 21.0. The lowest BCUT2D eigenvalue weighted by atomic mass is 9.90. The minimum atomic E-state index is -3.60. The molecule has 8 nitrogen and oxygen atoms in total. The molecule has 0 aliphatic carbocycles. The monoisotopic (exact) mass is 395 g/mol. The van der Waals surface area contributed by atoms with Crippen molar-refractivity contribution >= 4 is 21.9 Å². The predicted molar refractivity (Wildman–Crippen MR) is 99.2 cm³/mol. The van der Waals surface area contributed by atoms with Gasteiger partial charge >= 0.3 is 5.97 Å². The van der Waals surface area contributed by atoms with Gasteiger partial charge in [-0.2, -0.15) is 5.26 Å². The van der Waals surface area contributed by atoms with Gasteiger partial charge in [0.15, 0.2) is 6.10 Å². The zero-order valence-electron chi connectivity index (χ0n) is 16.3. The first-order valence-corrected chi connectivity index (χ1v) is 9.76. The number of amides is 1. The number of hydrogen-bond donors (Lipinski definition) is 1. The number of ether oxygens (including phenoxy) is 1. The van der Waals surface area contributed by atoms with Crippen LogP contribution in [0.25, 0.3) is 0 Å². The van der Waals surface area contributed by atoms with E-state index in [0.29, 0.717) is 0 Å². The van der Waals surface area contributed by atoms with Gasteiger partial charge in [-0.3, -0.25) is 4.79 Å². The number of carbonyl (C=O) groups is 2. The van der Waals surface area contributed by atoms with Crippen molar-refractivity contribution < 1.29 is 22.7 Å². The summed E-state index contributed by atoms with van der Waals surface area (Å²) in [7, 11) is -0.787. The highest BCUT2D eigenvalue weighted by molar-refractivity contribution is 7.89. The van der Waals surface area contributed by atoms with E-state index in [1.165, 1.54) is 45.3 Å². The Hall–Kier alpha value is -2.44. The summed E-state index contributed by atoms with van der Waals surface area (Å²) in [6, 6.07) is 7.27. The third kappa shape index (κ3) is 5.28. The molecule has 0 spiro atoms. The molecule has 1 aromatic rings. The van der Waals surface area contributed by atoms with E-state index in [0.717, 1.165) is 4.31 Å². The molecule has 0 heterocycles. The zero-order valence-corrected chi connectivity index (χ0v) is 17.1. The first-order chi connectivity index (χ1) is 12.3. The van der Waals surface area contributed by atoms with Crippen molar-refractivity contribution in [1.82, 2.24) is 9.62 Å². The van der Waals surface area contributed by atoms with Crippen molar-refractivity contribution in [2.24, 2.45) is 5.92 Å². The first-order valence-electron chi connectivity index (χ1n) is 8.32. The van der Waals surface area contributed by atoms with E-state index in [-0.39, 0.29) is 16.4 Å². The molecule has 1 aromatic carbocycles. The van der Waals surface area contributed by atoms with E-state index in [1.807, 2.05) is 6.07 Å². The van der Waals surface area contributed by atoms with Crippen LogP contribution in [0.4, 0.5) is 0 Å². The number of sulfonamides is 1. The SMILES string of the molecule is CC(C)[C@](C)(C#N)NC(=O)[C@H](C)OC(=O)c1ccc(S(=O)(=O)N(C)C)cc1. The molecule has 0 radical (unpaired) electrons. The fraction of sp³-hybridized carbons (Fsp3) is 0.500. The molecule has 0 aliphatic heterocycles. The number of nitrogens with zero attached hydrogens (tertiary/aromatic N) is 2. The maximum Gasteiger partial charge on any atom is 0.338 e. The Morgan fingerprint density at radius 2 is 1.70 bits per heavy atom. The molecule has 0 aromatic heterocycles. The van der Waals surface area contributed by atoms with Crippen LogP contribution in [0.5, 0.6) is 0 Å². The molecule has 0 saturated carbocycles. The van der Waals surface area contributed by atoms with Gasteiger partial charge in [0.25, 0.3) is 5.91 Å². The molecule has 148 valence electrons. The summed E-state index contributed by atoms with van der Waals surface area (Å²) >= 11 is 0. The molecule has 0 fully saturated rings. The second-order valence-corrected chi connectivity index (χ2v) is 8.97. The van der Waals surface area contributed by atoms with Gasteiger partial charge in [-0.25, -0.2) is 17.5 Å². The number of carbonyl (C=O) groups excluding carboxylic acids is 2. The lowest BCUT2D eigenvalue weighted by molar-refractivity contribution is -0.130. The molecule has 1 rings (SSSR count). The van der Waals surface area contributed by atoms with Crippen LogP contribution in [-0.4, -0.2) is 50.3 Å². The molecule has 1 N–H and O–H groups in total. The van der Waals surface area contributed by atoms with E-state index in [4.69, 9.17) is 4.74 Å². The summed E-state index contributed by atoms with van der Waals surface area (Å²) < 4.78 is 30.2. The summed E-state index contributed by atoms with van der Waals surface area (Å²) in [5, 5.41) is 11.8. The number of esters is 1. The van der Waals surface area contributed by atoms with Crippen LogP contribution in [-0.2, 0) is 19.6 Å². The highest BCUT2D eigenvalue weighted by Crippen LogP contribution is 2.17. The highest BCUT2D eigenvalue weighted by Gasteiger charge is 2.32. The molecule has 0 saturated heterocycles. The van der Waals surface area contributed by atoms with Crippen LogP contribution in [0.1, 0.15) is 38.1 Å². The van der Waals surface area contributed by atoms with Crippen molar-refractivity contribution in [1.29, 1.82) is 5.26 Å². The summed E-state index contributed by atoms with van der Waals surface area (Å²) in [5.74, 6) is -1.50. The van der Waals surface area contributed by atoms with E-state index >= 15 is 0 Å². The summed E-state index contributed by atoms with van der Waals surface area (Å²) in [5.41, 5.74) is -0.973. The Morgan fingerprint density at radius 3 is 2.11 bits per heavy atom. The molecule has 0 bridgehead atoms. The summed E-state index contributed by atoms with van der Waals surface area (Å²) in [6.45, 7) is 6.58. The largest absolute Gasteiger partial charge is 0.449 e. The fourth-order valence-corrected chi connectivity index (χ4v) is 2.82.